The summed E-state index contributed by atoms with van der Waals surface area (Å²) in [6.45, 7) is 12.9. The first-order valence-electron chi connectivity index (χ1n) is 14.0. The van der Waals surface area contributed by atoms with E-state index in [1.807, 2.05) is 20.8 Å². The number of carbonyl (C=O) groups is 5. The number of likely N-dealkylation sites (tertiary alicyclic amines) is 1. The molecule has 4 amide bonds. The molecule has 38 heavy (non-hydrogen) atoms. The van der Waals surface area contributed by atoms with Crippen LogP contribution < -0.4 is 16.0 Å². The molecule has 0 spiro atoms. The summed E-state index contributed by atoms with van der Waals surface area (Å²) in [6, 6.07) is -2.76. The number of hydrogen-bond acceptors (Lipinski definition) is 6. The van der Waals surface area contributed by atoms with Gasteiger partial charge in [0.05, 0.1) is 6.04 Å². The molecule has 4 unspecified atom stereocenters. The molecule has 2 aliphatic rings. The van der Waals surface area contributed by atoms with E-state index in [9.17, 15) is 24.0 Å². The van der Waals surface area contributed by atoms with Gasteiger partial charge in [-0.2, -0.15) is 0 Å². The third-order valence-corrected chi connectivity index (χ3v) is 7.76. The Hall–Kier alpha value is -2.65. The predicted octanol–water partition coefficient (Wildman–Crippen LogP) is 3.08. The van der Waals surface area contributed by atoms with E-state index in [2.05, 4.69) is 16.0 Å². The molecule has 0 radical (unpaired) electrons. The van der Waals surface area contributed by atoms with Crippen LogP contribution in [-0.4, -0.2) is 71.3 Å². The van der Waals surface area contributed by atoms with Crippen LogP contribution in [0.1, 0.15) is 99.8 Å². The second-order valence-electron chi connectivity index (χ2n) is 12.3. The fraction of sp³-hybridized carbons (Fsp3) is 0.821. The van der Waals surface area contributed by atoms with Gasteiger partial charge in [0, 0.05) is 6.54 Å². The third-order valence-electron chi connectivity index (χ3n) is 7.76. The molecule has 1 aliphatic carbocycles. The maximum atomic E-state index is 13.9. The van der Waals surface area contributed by atoms with Gasteiger partial charge in [0.15, 0.2) is 5.78 Å². The number of carbonyl (C=O) groups excluding carboxylic acids is 5. The van der Waals surface area contributed by atoms with Crippen LogP contribution in [0.3, 0.4) is 0 Å². The number of ether oxygens (including phenoxy) is 1. The summed E-state index contributed by atoms with van der Waals surface area (Å²) in [5.74, 6) is -1.03. The first-order chi connectivity index (χ1) is 17.7. The van der Waals surface area contributed by atoms with Crippen molar-refractivity contribution >= 4 is 29.6 Å². The first-order valence-corrected chi connectivity index (χ1v) is 14.0. The minimum Gasteiger partial charge on any atom is -0.459 e. The van der Waals surface area contributed by atoms with Gasteiger partial charge in [-0.1, -0.05) is 40.0 Å². The predicted molar refractivity (Wildman–Crippen MR) is 144 cm³/mol. The van der Waals surface area contributed by atoms with Crippen LogP contribution >= 0.6 is 0 Å². The Kier molecular flexibility index (Phi) is 11.2. The Morgan fingerprint density at radius 1 is 1.05 bits per heavy atom. The molecule has 2 rings (SSSR count). The molecule has 10 heteroatoms. The molecule has 10 nitrogen and oxygen atoms in total. The second-order valence-corrected chi connectivity index (χ2v) is 12.3. The van der Waals surface area contributed by atoms with Crippen molar-refractivity contribution in [1.29, 1.82) is 0 Å². The van der Waals surface area contributed by atoms with Gasteiger partial charge in [0.2, 0.25) is 11.8 Å². The van der Waals surface area contributed by atoms with Gasteiger partial charge in [-0.05, 0) is 71.1 Å². The zero-order chi connectivity index (χ0) is 28.7. The highest BCUT2D eigenvalue weighted by molar-refractivity contribution is 5.95. The van der Waals surface area contributed by atoms with Gasteiger partial charge in [-0.25, -0.2) is 4.79 Å². The van der Waals surface area contributed by atoms with Crippen molar-refractivity contribution in [3.8, 4) is 0 Å². The van der Waals surface area contributed by atoms with Gasteiger partial charge in [0.25, 0.3) is 0 Å². The van der Waals surface area contributed by atoms with Crippen LogP contribution in [0.5, 0.6) is 0 Å². The fourth-order valence-electron chi connectivity index (χ4n) is 5.35. The molecule has 2 fully saturated rings. The summed E-state index contributed by atoms with van der Waals surface area (Å²) >= 11 is 0. The summed E-state index contributed by atoms with van der Waals surface area (Å²) in [5.41, 5.74) is -1.14. The molecular weight excluding hydrogens is 488 g/mol. The Morgan fingerprint density at radius 2 is 1.68 bits per heavy atom. The SMILES string of the molecule is CCC(C)CC(NC(=O)C1CCCN1C(=O)C(NC(=O)NCC(=O)OC(C)(C)C)C1(C)CCCC1)C(C)=O. The quantitative estimate of drug-likeness (QED) is 0.348. The van der Waals surface area contributed by atoms with Gasteiger partial charge in [-0.15, -0.1) is 0 Å². The van der Waals surface area contributed by atoms with E-state index < -0.39 is 41.1 Å². The average molecular weight is 537 g/mol. The van der Waals surface area contributed by atoms with Gasteiger partial charge in [0.1, 0.15) is 24.2 Å². The number of nitrogens with zero attached hydrogens (tertiary/aromatic N) is 1. The highest BCUT2D eigenvalue weighted by Gasteiger charge is 2.47. The topological polar surface area (TPSA) is 134 Å². The van der Waals surface area contributed by atoms with Crippen LogP contribution in [0.15, 0.2) is 0 Å². The van der Waals surface area contributed by atoms with Gasteiger partial charge >= 0.3 is 12.0 Å². The van der Waals surface area contributed by atoms with Crippen molar-refractivity contribution in [2.45, 2.75) is 124 Å². The smallest absolute Gasteiger partial charge is 0.325 e. The van der Waals surface area contributed by atoms with Gasteiger partial charge < -0.3 is 25.6 Å². The fourth-order valence-corrected chi connectivity index (χ4v) is 5.35. The number of hydrogen-bond donors (Lipinski definition) is 3. The normalized spacial score (nSPS) is 21.2. The Balaban J connectivity index is 2.14. The largest absolute Gasteiger partial charge is 0.459 e. The van der Waals surface area contributed by atoms with E-state index in [-0.39, 0.29) is 30.1 Å². The number of nitrogens with one attached hydrogen (secondary N) is 3. The van der Waals surface area contributed by atoms with E-state index in [1.165, 1.54) is 6.92 Å². The van der Waals surface area contributed by atoms with E-state index in [1.54, 1.807) is 25.7 Å². The number of rotatable bonds is 11. The second kappa shape index (κ2) is 13.4. The Labute approximate surface area is 227 Å². The van der Waals surface area contributed by atoms with Crippen LogP contribution in [-0.2, 0) is 23.9 Å². The summed E-state index contributed by atoms with van der Waals surface area (Å²) in [6.07, 6.45) is 6.04. The van der Waals surface area contributed by atoms with Crippen molar-refractivity contribution in [2.75, 3.05) is 13.1 Å². The van der Waals surface area contributed by atoms with Crippen molar-refractivity contribution in [2.24, 2.45) is 11.3 Å². The molecule has 0 aromatic rings. The zero-order valence-electron chi connectivity index (χ0n) is 24.3. The van der Waals surface area contributed by atoms with Crippen molar-refractivity contribution in [1.82, 2.24) is 20.9 Å². The summed E-state index contributed by atoms with van der Waals surface area (Å²) in [4.78, 5) is 65.8. The highest BCUT2D eigenvalue weighted by Crippen LogP contribution is 2.41. The van der Waals surface area contributed by atoms with Crippen LogP contribution in [0, 0.1) is 11.3 Å². The lowest BCUT2D eigenvalue weighted by molar-refractivity contribution is -0.153. The summed E-state index contributed by atoms with van der Waals surface area (Å²) < 4.78 is 5.24. The Morgan fingerprint density at radius 3 is 2.24 bits per heavy atom. The van der Waals surface area contributed by atoms with Crippen LogP contribution in [0.2, 0.25) is 0 Å². The Bertz CT molecular complexity index is 877. The molecule has 216 valence electrons. The van der Waals surface area contributed by atoms with Crippen molar-refractivity contribution < 1.29 is 28.7 Å². The molecular formula is C28H48N4O6. The molecule has 3 N–H and O–H groups in total. The lowest BCUT2D eigenvalue weighted by atomic mass is 9.79. The maximum absolute atomic E-state index is 13.9. The molecule has 1 heterocycles. The summed E-state index contributed by atoms with van der Waals surface area (Å²) in [5, 5.41) is 8.20. The molecule has 0 bridgehead atoms. The van der Waals surface area contributed by atoms with E-state index in [0.717, 1.165) is 32.1 Å². The van der Waals surface area contributed by atoms with Crippen LogP contribution in [0.25, 0.3) is 0 Å². The van der Waals surface area contributed by atoms with E-state index >= 15 is 0 Å². The lowest BCUT2D eigenvalue weighted by Crippen LogP contribution is -2.60. The third kappa shape index (κ3) is 8.98. The average Bonchev–Trinajstić information content (AvgIpc) is 3.49. The maximum Gasteiger partial charge on any atom is 0.325 e. The first kappa shape index (κ1) is 31.6. The van der Waals surface area contributed by atoms with Gasteiger partial charge in [-0.3, -0.25) is 19.2 Å². The minimum atomic E-state index is -0.847. The van der Waals surface area contributed by atoms with Crippen molar-refractivity contribution in [3.63, 3.8) is 0 Å². The zero-order valence-corrected chi connectivity index (χ0v) is 24.3. The molecule has 1 saturated carbocycles. The number of urea groups is 1. The van der Waals surface area contributed by atoms with E-state index in [4.69, 9.17) is 4.74 Å². The minimum absolute atomic E-state index is 0.103. The summed E-state index contributed by atoms with van der Waals surface area (Å²) in [7, 11) is 0. The molecule has 1 aliphatic heterocycles. The molecule has 4 atom stereocenters. The number of amides is 4. The van der Waals surface area contributed by atoms with E-state index in [0.29, 0.717) is 25.8 Å². The lowest BCUT2D eigenvalue weighted by Gasteiger charge is -2.37. The molecule has 0 aromatic heterocycles. The van der Waals surface area contributed by atoms with Crippen LogP contribution in [0.4, 0.5) is 4.79 Å². The number of ketones is 1. The van der Waals surface area contributed by atoms with Crippen molar-refractivity contribution in [3.05, 3.63) is 0 Å². The number of esters is 1. The molecule has 0 aromatic carbocycles. The number of Topliss-reactive ketones (excluding diaryl/α,β-unsaturated/α-hetero) is 1. The highest BCUT2D eigenvalue weighted by atomic mass is 16.6. The standard InChI is InChI=1S/C28H48N4O6/c1-8-18(2)16-20(19(3)33)30-24(35)21-12-11-15-32(21)25(36)23(28(7)13-9-10-14-28)31-26(37)29-17-22(34)38-27(4,5)6/h18,20-21,23H,8-17H2,1-7H3,(H,30,35)(H2,29,31,37). The monoisotopic (exact) mass is 536 g/mol. The molecule has 1 saturated heterocycles.